The van der Waals surface area contributed by atoms with Crippen LogP contribution in [-0.2, 0) is 15.0 Å². The number of rotatable bonds is 10. The fraction of sp³-hybridized carbons (Fsp3) is 0.268. The monoisotopic (exact) mass is 609 g/mol. The maximum atomic E-state index is 14.2. The van der Waals surface area contributed by atoms with E-state index in [1.165, 1.54) is 6.92 Å². The van der Waals surface area contributed by atoms with Crippen LogP contribution in [0.1, 0.15) is 97.2 Å². The second kappa shape index (κ2) is 12.8. The van der Waals surface area contributed by atoms with E-state index in [0.717, 1.165) is 64.3 Å². The summed E-state index contributed by atoms with van der Waals surface area (Å²) in [5.41, 5.74) is 7.19. The van der Waals surface area contributed by atoms with Crippen LogP contribution in [0.5, 0.6) is 0 Å². The summed E-state index contributed by atoms with van der Waals surface area (Å²) >= 11 is 0. The number of carbonyl (C=O) groups excluding carboxylic acids is 3. The van der Waals surface area contributed by atoms with E-state index in [2.05, 4.69) is 31.1 Å². The van der Waals surface area contributed by atoms with Crippen molar-refractivity contribution < 1.29 is 19.2 Å². The van der Waals surface area contributed by atoms with Gasteiger partial charge in [-0.05, 0) is 71.3 Å². The van der Waals surface area contributed by atoms with Gasteiger partial charge >= 0.3 is 5.97 Å². The summed E-state index contributed by atoms with van der Waals surface area (Å²) in [6.45, 7) is 7.62. The van der Waals surface area contributed by atoms with E-state index >= 15 is 0 Å². The van der Waals surface area contributed by atoms with E-state index in [0.29, 0.717) is 23.1 Å². The first-order valence-corrected chi connectivity index (χ1v) is 16.2. The van der Waals surface area contributed by atoms with Gasteiger partial charge in [-0.2, -0.15) is 0 Å². The molecule has 1 atom stereocenters. The molecule has 0 N–H and O–H groups in total. The first kappa shape index (κ1) is 31.1. The fourth-order valence-corrected chi connectivity index (χ4v) is 7.46. The Kier molecular flexibility index (Phi) is 8.68. The molecule has 5 heteroatoms. The van der Waals surface area contributed by atoms with E-state index < -0.39 is 5.97 Å². The number of hydrogen-bond acceptors (Lipinski definition) is 5. The molecule has 4 aromatic carbocycles. The lowest BCUT2D eigenvalue weighted by Gasteiger charge is -2.32. The average Bonchev–Trinajstić information content (AvgIpc) is 3.33. The van der Waals surface area contributed by atoms with Crippen LogP contribution in [0.25, 0.3) is 21.9 Å². The predicted octanol–water partition coefficient (Wildman–Crippen LogP) is 9.56. The molecule has 0 heterocycles. The molecule has 0 radical (unpaired) electrons. The maximum absolute atomic E-state index is 14.2. The minimum Gasteiger partial charge on any atom is -0.318 e. The van der Waals surface area contributed by atoms with Crippen molar-refractivity contribution in [1.29, 1.82) is 0 Å². The van der Waals surface area contributed by atoms with Gasteiger partial charge in [-0.15, -0.1) is 0 Å². The largest absolute Gasteiger partial charge is 0.331 e. The number of fused-ring (bicyclic) bond motifs is 4. The molecule has 232 valence electrons. The van der Waals surface area contributed by atoms with Gasteiger partial charge < -0.3 is 4.84 Å². The summed E-state index contributed by atoms with van der Waals surface area (Å²) in [6, 6.07) is 25.9. The number of Topliss-reactive ketones (excluding diaryl/α,β-unsaturated/α-hetero) is 1. The topological polar surface area (TPSA) is 72.8 Å². The van der Waals surface area contributed by atoms with Crippen LogP contribution in [0.15, 0.2) is 108 Å². The zero-order valence-corrected chi connectivity index (χ0v) is 26.9. The van der Waals surface area contributed by atoms with Crippen molar-refractivity contribution in [3.63, 3.8) is 0 Å². The number of benzene rings is 4. The zero-order valence-electron chi connectivity index (χ0n) is 26.9. The van der Waals surface area contributed by atoms with Gasteiger partial charge in [0.25, 0.3) is 0 Å². The molecule has 0 spiro atoms. The van der Waals surface area contributed by atoms with Crippen LogP contribution >= 0.6 is 0 Å². The van der Waals surface area contributed by atoms with Crippen LogP contribution < -0.4 is 0 Å². The van der Waals surface area contributed by atoms with Crippen molar-refractivity contribution in [2.75, 3.05) is 0 Å². The third kappa shape index (κ3) is 5.44. The van der Waals surface area contributed by atoms with Gasteiger partial charge in [0.05, 0.1) is 0 Å². The molecule has 0 saturated heterocycles. The smallest absolute Gasteiger partial charge is 0.318 e. The normalized spacial score (nSPS) is 16.5. The summed E-state index contributed by atoms with van der Waals surface area (Å²) in [7, 11) is 0. The first-order chi connectivity index (χ1) is 22.3. The molecule has 2 aliphatic rings. The van der Waals surface area contributed by atoms with Crippen LogP contribution in [-0.4, -0.2) is 23.2 Å². The highest BCUT2D eigenvalue weighted by Gasteiger charge is 2.43. The molecular formula is C41H39NO4. The van der Waals surface area contributed by atoms with Gasteiger partial charge in [0.2, 0.25) is 5.78 Å². The number of allylic oxidation sites excluding steroid dienone is 4. The highest BCUT2D eigenvalue weighted by molar-refractivity contribution is 6.47. The first-order valence-electron chi connectivity index (χ1n) is 16.2. The zero-order chi connectivity index (χ0) is 32.4. The van der Waals surface area contributed by atoms with Crippen LogP contribution in [0.4, 0.5) is 0 Å². The molecule has 1 unspecified atom stereocenters. The van der Waals surface area contributed by atoms with Gasteiger partial charge in [-0.25, -0.2) is 4.79 Å². The molecule has 5 nitrogen and oxygen atoms in total. The second-order valence-corrected chi connectivity index (χ2v) is 12.5. The molecule has 0 saturated carbocycles. The molecule has 0 bridgehead atoms. The molecular weight excluding hydrogens is 570 g/mol. The summed E-state index contributed by atoms with van der Waals surface area (Å²) in [4.78, 5) is 45.0. The Morgan fingerprint density at radius 2 is 1.50 bits per heavy atom. The second-order valence-electron chi connectivity index (χ2n) is 12.5. The third-order valence-corrected chi connectivity index (χ3v) is 9.52. The van der Waals surface area contributed by atoms with Crippen molar-refractivity contribution in [3.8, 4) is 11.1 Å². The van der Waals surface area contributed by atoms with Crippen molar-refractivity contribution >= 4 is 34.0 Å². The Bertz CT molecular complexity index is 1950. The van der Waals surface area contributed by atoms with Crippen molar-refractivity contribution in [1.82, 2.24) is 0 Å². The summed E-state index contributed by atoms with van der Waals surface area (Å²) < 4.78 is 0. The number of oxime groups is 1. The van der Waals surface area contributed by atoms with E-state index in [4.69, 9.17) is 4.84 Å². The van der Waals surface area contributed by atoms with Gasteiger partial charge in [0.15, 0.2) is 5.78 Å². The average molecular weight is 610 g/mol. The molecule has 0 aliphatic heterocycles. The van der Waals surface area contributed by atoms with E-state index in [-0.39, 0.29) is 28.6 Å². The Labute approximate surface area is 270 Å². The molecule has 0 fully saturated rings. The lowest BCUT2D eigenvalue weighted by atomic mass is 9.70. The number of nitrogens with zero attached hydrogens (tertiary/aromatic N) is 1. The minimum atomic E-state index is -0.568. The van der Waals surface area contributed by atoms with Crippen molar-refractivity contribution in [2.45, 2.75) is 65.2 Å². The van der Waals surface area contributed by atoms with Crippen LogP contribution in [0.2, 0.25) is 0 Å². The van der Waals surface area contributed by atoms with E-state index in [1.54, 1.807) is 0 Å². The SMILES string of the molecule is CCCC1(CCC)c2cc(C(=O)/C(=N/OC(C)=O)C3CC=CC=C3C)ccc2-c2ccc(C(=O)c3cccc4ccccc34)cc21. The standard InChI is InChI=1S/C41H39NO4/c1-5-22-41(23-6-2)36-24-29(39(44)35-17-11-14-28-13-8-10-16-32(28)35)18-20-33(36)34-21-19-30(25-37(34)41)40(45)38(42-46-27(4)43)31-15-9-7-12-26(31)3/h7-14,16-21,24-25,31H,5-6,15,22-23H2,1-4H3/b42-38+. The summed E-state index contributed by atoms with van der Waals surface area (Å²) in [5.74, 6) is -1.09. The third-order valence-electron chi connectivity index (χ3n) is 9.52. The summed E-state index contributed by atoms with van der Waals surface area (Å²) in [6.07, 6.45) is 10.2. The van der Waals surface area contributed by atoms with Crippen molar-refractivity contribution in [2.24, 2.45) is 11.1 Å². The van der Waals surface area contributed by atoms with Gasteiger partial charge in [-0.1, -0.05) is 122 Å². The van der Waals surface area contributed by atoms with E-state index in [9.17, 15) is 14.4 Å². The fourth-order valence-electron chi connectivity index (χ4n) is 7.46. The molecule has 46 heavy (non-hydrogen) atoms. The highest BCUT2D eigenvalue weighted by atomic mass is 16.7. The maximum Gasteiger partial charge on any atom is 0.331 e. The van der Waals surface area contributed by atoms with Crippen LogP contribution in [0.3, 0.4) is 0 Å². The van der Waals surface area contributed by atoms with Crippen molar-refractivity contribution in [3.05, 3.63) is 130 Å². The number of hydrogen-bond donors (Lipinski definition) is 0. The van der Waals surface area contributed by atoms with Crippen LogP contribution in [0, 0.1) is 5.92 Å². The van der Waals surface area contributed by atoms with Gasteiger partial charge in [-0.3, -0.25) is 9.59 Å². The van der Waals surface area contributed by atoms with Gasteiger partial charge in [0.1, 0.15) is 5.71 Å². The molecule has 4 aromatic rings. The summed E-state index contributed by atoms with van der Waals surface area (Å²) in [5, 5.41) is 6.09. The number of carbonyl (C=O) groups is 3. The lowest BCUT2D eigenvalue weighted by molar-refractivity contribution is -0.140. The number of ketones is 2. The minimum absolute atomic E-state index is 0.00426. The van der Waals surface area contributed by atoms with Gasteiger partial charge in [0, 0.05) is 34.9 Å². The Morgan fingerprint density at radius 3 is 2.17 bits per heavy atom. The highest BCUT2D eigenvalue weighted by Crippen LogP contribution is 2.54. The predicted molar refractivity (Wildman–Crippen MR) is 184 cm³/mol. The Balaban J connectivity index is 1.45. The Hall–Kier alpha value is -4.90. The molecule has 6 rings (SSSR count). The molecule has 2 aliphatic carbocycles. The molecule has 0 aromatic heterocycles. The lowest BCUT2D eigenvalue weighted by Crippen LogP contribution is -2.28. The molecule has 0 amide bonds. The Morgan fingerprint density at radius 1 is 0.848 bits per heavy atom. The quantitative estimate of drug-likeness (QED) is 0.0777. The van der Waals surface area contributed by atoms with E-state index in [1.807, 2.05) is 91.9 Å².